The van der Waals surface area contributed by atoms with Gasteiger partial charge in [0.15, 0.2) is 5.82 Å². The Morgan fingerprint density at radius 1 is 1.43 bits per heavy atom. The van der Waals surface area contributed by atoms with Gasteiger partial charge < -0.3 is 4.98 Å². The Hall–Kier alpha value is -2.41. The molecule has 0 saturated heterocycles. The van der Waals surface area contributed by atoms with Crippen LogP contribution in [0.2, 0.25) is 5.02 Å². The lowest BCUT2D eigenvalue weighted by Gasteiger charge is -2.04. The maximum atomic E-state index is 13.8. The number of aromatic amines is 1. The molecule has 0 radical (unpaired) electrons. The second kappa shape index (κ2) is 4.85. The molecule has 21 heavy (non-hydrogen) atoms. The Bertz CT molecular complexity index is 854. The fourth-order valence-electron chi connectivity index (χ4n) is 1.93. The predicted octanol–water partition coefficient (Wildman–Crippen LogP) is 2.55. The van der Waals surface area contributed by atoms with Gasteiger partial charge >= 0.3 is 0 Å². The second-order valence-corrected chi connectivity index (χ2v) is 5.03. The van der Waals surface area contributed by atoms with E-state index in [2.05, 4.69) is 20.7 Å². The quantitative estimate of drug-likeness (QED) is 0.764. The number of carbonyl (C=O) groups excluding carboxylic acids is 1. The zero-order chi connectivity index (χ0) is 15.1. The van der Waals surface area contributed by atoms with Gasteiger partial charge in [-0.15, -0.1) is 5.10 Å². The molecule has 0 aliphatic rings. The van der Waals surface area contributed by atoms with Crippen molar-refractivity contribution in [1.29, 1.82) is 0 Å². The fourth-order valence-corrected chi connectivity index (χ4v) is 2.09. The van der Waals surface area contributed by atoms with Crippen LogP contribution in [0.5, 0.6) is 0 Å². The number of aryl methyl sites for hydroxylation is 1. The molecule has 0 aliphatic heterocycles. The van der Waals surface area contributed by atoms with Crippen LogP contribution in [0.25, 0.3) is 10.9 Å². The summed E-state index contributed by atoms with van der Waals surface area (Å²) in [5.41, 5.74) is 4.39. The lowest BCUT2D eigenvalue weighted by Crippen LogP contribution is -2.25. The summed E-state index contributed by atoms with van der Waals surface area (Å²) in [6.07, 6.45) is 0. The molecular weight excluding hydrogens is 297 g/mol. The molecule has 0 bridgehead atoms. The highest BCUT2D eigenvalue weighted by Crippen LogP contribution is 2.24. The van der Waals surface area contributed by atoms with Gasteiger partial charge in [-0.25, -0.2) is 9.82 Å². The molecule has 1 aromatic carbocycles. The molecule has 2 heterocycles. The lowest BCUT2D eigenvalue weighted by molar-refractivity contribution is 0.1000. The molecule has 8 heteroatoms. The normalized spacial score (nSPS) is 11.0. The Morgan fingerprint density at radius 3 is 2.86 bits per heavy atom. The number of nitrogens with zero attached hydrogens (tertiary/aromatic N) is 3. The third kappa shape index (κ3) is 2.25. The second-order valence-electron chi connectivity index (χ2n) is 4.62. The smallest absolute Gasteiger partial charge is 0.287 e. The molecule has 108 valence electrons. The van der Waals surface area contributed by atoms with Gasteiger partial charge in [-0.3, -0.25) is 4.79 Å². The molecule has 3 rings (SSSR count). The van der Waals surface area contributed by atoms with E-state index in [0.717, 1.165) is 0 Å². The van der Waals surface area contributed by atoms with Crippen molar-refractivity contribution >= 4 is 28.4 Å². The monoisotopic (exact) mass is 307 g/mol. The van der Waals surface area contributed by atoms with E-state index in [-0.39, 0.29) is 16.2 Å². The fraction of sp³-hybridized carbons (Fsp3) is 0.154. The first-order chi connectivity index (χ1) is 9.97. The number of rotatable bonds is 2. The highest BCUT2D eigenvalue weighted by molar-refractivity contribution is 6.31. The Labute approximate surface area is 123 Å². The first-order valence-corrected chi connectivity index (χ1v) is 6.52. The summed E-state index contributed by atoms with van der Waals surface area (Å²) in [7, 11) is 0. The van der Waals surface area contributed by atoms with Crippen LogP contribution in [0, 0.1) is 19.7 Å². The molecule has 0 saturated carbocycles. The van der Waals surface area contributed by atoms with Crippen molar-refractivity contribution in [3.05, 3.63) is 46.1 Å². The first-order valence-electron chi connectivity index (χ1n) is 6.14. The van der Waals surface area contributed by atoms with Gasteiger partial charge in [0.2, 0.25) is 0 Å². The number of benzene rings is 1. The number of aromatic nitrogens is 4. The minimum atomic E-state index is -0.582. The average molecular weight is 308 g/mol. The number of nitrogens with one attached hydrogen (secondary N) is 2. The average Bonchev–Trinajstić information content (AvgIpc) is 3.02. The van der Waals surface area contributed by atoms with Crippen LogP contribution in [-0.4, -0.2) is 26.0 Å². The van der Waals surface area contributed by atoms with Crippen molar-refractivity contribution < 1.29 is 9.18 Å². The molecule has 0 fully saturated rings. The van der Waals surface area contributed by atoms with Gasteiger partial charge in [0.25, 0.3) is 5.91 Å². The minimum absolute atomic E-state index is 0.000876. The number of carbonyl (C=O) groups is 1. The van der Waals surface area contributed by atoms with E-state index in [1.807, 2.05) is 0 Å². The molecule has 1 amide bonds. The molecular formula is C13H11ClFN5O. The van der Waals surface area contributed by atoms with Gasteiger partial charge in [-0.05, 0) is 31.2 Å². The van der Waals surface area contributed by atoms with E-state index in [1.165, 1.54) is 10.9 Å². The number of H-pyrrole nitrogens is 1. The zero-order valence-electron chi connectivity index (χ0n) is 11.2. The Kier molecular flexibility index (Phi) is 3.13. The van der Waals surface area contributed by atoms with Crippen LogP contribution < -0.4 is 5.43 Å². The molecule has 0 aliphatic carbocycles. The molecule has 3 aromatic rings. The SMILES string of the molecule is Cc1nnn(NC(=O)c2cc3ccc(Cl)c(F)c3[nH]2)c1C. The standard InChI is InChI=1S/C13H11ClFN5O/c1-6-7(2)20(19-17-6)18-13(21)10-5-8-3-4-9(14)11(15)12(8)16-10/h3-5,16H,1-2H3,(H,18,21). The van der Waals surface area contributed by atoms with Crippen LogP contribution in [-0.2, 0) is 0 Å². The Morgan fingerprint density at radius 2 is 2.19 bits per heavy atom. The number of hydrogen-bond donors (Lipinski definition) is 2. The molecule has 2 N–H and O–H groups in total. The summed E-state index contributed by atoms with van der Waals surface area (Å²) in [4.78, 5) is 16.1. The number of amides is 1. The van der Waals surface area contributed by atoms with Gasteiger partial charge in [0, 0.05) is 5.39 Å². The summed E-state index contributed by atoms with van der Waals surface area (Å²) >= 11 is 5.71. The van der Waals surface area contributed by atoms with E-state index in [0.29, 0.717) is 16.8 Å². The molecule has 6 nitrogen and oxygen atoms in total. The highest BCUT2D eigenvalue weighted by Gasteiger charge is 2.15. The summed E-state index contributed by atoms with van der Waals surface area (Å²) < 4.78 is 13.8. The molecule has 2 aromatic heterocycles. The van der Waals surface area contributed by atoms with Crippen LogP contribution >= 0.6 is 11.6 Å². The lowest BCUT2D eigenvalue weighted by atomic mass is 10.2. The highest BCUT2D eigenvalue weighted by atomic mass is 35.5. The van der Waals surface area contributed by atoms with Gasteiger partial charge in [-0.2, -0.15) is 4.79 Å². The summed E-state index contributed by atoms with van der Waals surface area (Å²) in [6, 6.07) is 4.63. The van der Waals surface area contributed by atoms with Crippen LogP contribution in [0.3, 0.4) is 0 Å². The van der Waals surface area contributed by atoms with Crippen molar-refractivity contribution in [2.45, 2.75) is 13.8 Å². The van der Waals surface area contributed by atoms with E-state index in [9.17, 15) is 9.18 Å². The van der Waals surface area contributed by atoms with Crippen molar-refractivity contribution in [3.8, 4) is 0 Å². The van der Waals surface area contributed by atoms with Crippen LogP contribution in [0.4, 0.5) is 4.39 Å². The zero-order valence-corrected chi connectivity index (χ0v) is 12.0. The first kappa shape index (κ1) is 13.6. The minimum Gasteiger partial charge on any atom is -0.348 e. The van der Waals surface area contributed by atoms with Crippen LogP contribution in [0.15, 0.2) is 18.2 Å². The largest absolute Gasteiger partial charge is 0.348 e. The van der Waals surface area contributed by atoms with E-state index in [1.54, 1.807) is 26.0 Å². The number of hydrogen-bond acceptors (Lipinski definition) is 3. The van der Waals surface area contributed by atoms with Crippen molar-refractivity contribution in [3.63, 3.8) is 0 Å². The predicted molar refractivity (Wildman–Crippen MR) is 76.5 cm³/mol. The molecule has 0 unspecified atom stereocenters. The third-order valence-electron chi connectivity index (χ3n) is 3.26. The van der Waals surface area contributed by atoms with E-state index >= 15 is 0 Å². The van der Waals surface area contributed by atoms with Crippen molar-refractivity contribution in [2.24, 2.45) is 0 Å². The number of fused-ring (bicyclic) bond motifs is 1. The number of halogens is 2. The summed E-state index contributed by atoms with van der Waals surface area (Å²) in [5.74, 6) is -1.03. The third-order valence-corrected chi connectivity index (χ3v) is 3.56. The van der Waals surface area contributed by atoms with E-state index in [4.69, 9.17) is 11.6 Å². The Balaban J connectivity index is 1.95. The molecule has 0 atom stereocenters. The topological polar surface area (TPSA) is 75.6 Å². The van der Waals surface area contributed by atoms with Crippen molar-refractivity contribution in [1.82, 2.24) is 20.1 Å². The van der Waals surface area contributed by atoms with Crippen LogP contribution in [0.1, 0.15) is 21.9 Å². The summed E-state index contributed by atoms with van der Waals surface area (Å²) in [5, 5.41) is 8.20. The maximum Gasteiger partial charge on any atom is 0.287 e. The van der Waals surface area contributed by atoms with E-state index < -0.39 is 11.7 Å². The van der Waals surface area contributed by atoms with Gasteiger partial charge in [0.05, 0.1) is 21.9 Å². The van der Waals surface area contributed by atoms with Gasteiger partial charge in [0.1, 0.15) is 5.69 Å². The van der Waals surface area contributed by atoms with Gasteiger partial charge in [-0.1, -0.05) is 17.7 Å². The maximum absolute atomic E-state index is 13.8. The summed E-state index contributed by atoms with van der Waals surface area (Å²) in [6.45, 7) is 3.56. The van der Waals surface area contributed by atoms with Crippen molar-refractivity contribution in [2.75, 3.05) is 5.43 Å². The molecule has 0 spiro atoms.